The number of nitrogens with one attached hydrogen (secondary N) is 2. The minimum absolute atomic E-state index is 0.0467. The molecule has 4 aliphatic carbocycles. The highest BCUT2D eigenvalue weighted by Gasteiger charge is 2.49. The van der Waals surface area contributed by atoms with Gasteiger partial charge in [-0.2, -0.15) is 10.2 Å². The second-order valence-corrected chi connectivity index (χ2v) is 22.8. The molecule has 0 spiro atoms. The van der Waals surface area contributed by atoms with E-state index in [0.717, 1.165) is 85.0 Å². The molecule has 16 nitrogen and oxygen atoms in total. The van der Waals surface area contributed by atoms with Crippen LogP contribution in [0.2, 0.25) is 0 Å². The van der Waals surface area contributed by atoms with Crippen LogP contribution in [0.25, 0.3) is 22.5 Å². The summed E-state index contributed by atoms with van der Waals surface area (Å²) in [4.78, 5) is 74.9. The van der Waals surface area contributed by atoms with Crippen LogP contribution < -0.4 is 10.6 Å². The molecule has 0 unspecified atom stereocenters. The van der Waals surface area contributed by atoms with Crippen molar-refractivity contribution in [3.8, 4) is 22.5 Å². The summed E-state index contributed by atoms with van der Waals surface area (Å²) in [6, 6.07) is 18.1. The number of hydrogen-bond acceptors (Lipinski definition) is 10. The molecule has 4 aromatic heterocycles. The molecule has 6 aromatic rings. The van der Waals surface area contributed by atoms with Gasteiger partial charge in [-0.1, -0.05) is 48.5 Å². The van der Waals surface area contributed by atoms with Crippen LogP contribution in [0.1, 0.15) is 160 Å². The van der Waals surface area contributed by atoms with E-state index in [0.29, 0.717) is 46.4 Å². The second-order valence-electron chi connectivity index (χ2n) is 22.8. The zero-order valence-corrected chi connectivity index (χ0v) is 45.0. The molecule has 16 heteroatoms. The van der Waals surface area contributed by atoms with E-state index in [-0.39, 0.29) is 65.9 Å². The van der Waals surface area contributed by atoms with Gasteiger partial charge in [0.25, 0.3) is 11.8 Å². The van der Waals surface area contributed by atoms with Crippen molar-refractivity contribution in [1.82, 2.24) is 49.3 Å². The lowest BCUT2D eigenvalue weighted by atomic mass is 9.85. The standard InChI is InChI=1S/C30H39N5O3.C29H35N5O3/c1-18(2)35-23(14-15-32-35)29(37)33-26(25(20-10-11-20)21-12-13-21)24(36)16-19-6-8-22(9-7-19)27-28(30(3,4)38)31-17-34(27)5;1-17(2)34-23(13-14-31-34)29(37)32-27(25(20-9-10-20)21-11-12-21)24(36)15-19-5-7-22(8-6-19)28-26(18(3)35)30-16-33(28)4/h6-9,14-15,17-18,20-21,25-26,38H,10-13,16H2,1-5H3,(H,33,37);5-8,13-14,16-17,20-21,25,27H,9-12,15H2,1-4H3,(H,32,37)/t26-;27-/m11/s1. The molecule has 2 amide bonds. The maximum atomic E-state index is 13.8. The molecule has 4 aliphatic rings. The zero-order valence-electron chi connectivity index (χ0n) is 45.0. The molecule has 4 heterocycles. The number of benzene rings is 2. The molecule has 75 heavy (non-hydrogen) atoms. The Morgan fingerprint density at radius 3 is 1.32 bits per heavy atom. The van der Waals surface area contributed by atoms with Crippen molar-refractivity contribution in [1.29, 1.82) is 0 Å². The predicted octanol–water partition coefficient (Wildman–Crippen LogP) is 8.85. The molecule has 2 aromatic carbocycles. The van der Waals surface area contributed by atoms with Crippen LogP contribution in [0.5, 0.6) is 0 Å². The number of Topliss-reactive ketones (excluding diaryl/α,β-unsaturated/α-hetero) is 3. The summed E-state index contributed by atoms with van der Waals surface area (Å²) >= 11 is 0. The number of imidazole rings is 2. The van der Waals surface area contributed by atoms with Crippen LogP contribution in [0.15, 0.2) is 85.7 Å². The van der Waals surface area contributed by atoms with Gasteiger partial charge in [0.15, 0.2) is 17.3 Å². The Morgan fingerprint density at radius 1 is 0.587 bits per heavy atom. The number of hydrogen-bond donors (Lipinski definition) is 3. The minimum atomic E-state index is -1.07. The number of ketones is 3. The molecule has 10 rings (SSSR count). The van der Waals surface area contributed by atoms with Crippen molar-refractivity contribution < 1.29 is 29.1 Å². The van der Waals surface area contributed by atoms with E-state index >= 15 is 0 Å². The van der Waals surface area contributed by atoms with Crippen LogP contribution in [-0.2, 0) is 42.1 Å². The highest BCUT2D eigenvalue weighted by Crippen LogP contribution is 2.52. The highest BCUT2D eigenvalue weighted by molar-refractivity contribution is 5.99. The lowest BCUT2D eigenvalue weighted by Gasteiger charge is -2.27. The Hall–Kier alpha value is -6.81. The number of carbonyl (C=O) groups excluding carboxylic acids is 5. The highest BCUT2D eigenvalue weighted by atomic mass is 16.3. The van der Waals surface area contributed by atoms with E-state index in [1.807, 2.05) is 99.5 Å². The van der Waals surface area contributed by atoms with Gasteiger partial charge in [-0.25, -0.2) is 9.97 Å². The van der Waals surface area contributed by atoms with Gasteiger partial charge >= 0.3 is 0 Å². The first-order chi connectivity index (χ1) is 35.8. The normalized spacial score (nSPS) is 16.5. The van der Waals surface area contributed by atoms with Gasteiger partial charge in [-0.05, 0) is 152 Å². The fourth-order valence-electron chi connectivity index (χ4n) is 11.2. The van der Waals surface area contributed by atoms with Crippen LogP contribution in [0.4, 0.5) is 0 Å². The number of rotatable bonds is 22. The number of aliphatic hydroxyl groups is 1. The third-order valence-corrected chi connectivity index (χ3v) is 15.5. The van der Waals surface area contributed by atoms with Crippen LogP contribution >= 0.6 is 0 Å². The lowest BCUT2D eigenvalue weighted by molar-refractivity contribution is -0.122. The Bertz CT molecular complexity index is 3000. The van der Waals surface area contributed by atoms with Crippen LogP contribution in [0, 0.1) is 35.5 Å². The Morgan fingerprint density at radius 2 is 0.960 bits per heavy atom. The molecule has 0 radical (unpaired) electrons. The van der Waals surface area contributed by atoms with Crippen molar-refractivity contribution in [2.45, 2.75) is 142 Å². The van der Waals surface area contributed by atoms with Gasteiger partial charge in [0, 0.05) is 69.5 Å². The van der Waals surface area contributed by atoms with Gasteiger partial charge in [-0.15, -0.1) is 0 Å². The fraction of sp³-hybridized carbons (Fsp3) is 0.508. The van der Waals surface area contributed by atoms with Crippen molar-refractivity contribution in [3.05, 3.63) is 120 Å². The quantitative estimate of drug-likeness (QED) is 0.0552. The van der Waals surface area contributed by atoms with Crippen molar-refractivity contribution >= 4 is 29.2 Å². The summed E-state index contributed by atoms with van der Waals surface area (Å²) in [5.74, 6) is 1.99. The van der Waals surface area contributed by atoms with E-state index in [9.17, 15) is 29.1 Å². The molecular formula is C59H74N10O6. The average Bonchev–Trinajstić information content (AvgIpc) is 4.27. The Balaban J connectivity index is 0.000000184. The first kappa shape index (κ1) is 53.0. The largest absolute Gasteiger partial charge is 0.384 e. The molecular weight excluding hydrogens is 945 g/mol. The molecule has 2 atom stereocenters. The second kappa shape index (κ2) is 21.8. The Kier molecular flexibility index (Phi) is 15.4. The van der Waals surface area contributed by atoms with Gasteiger partial charge in [0.1, 0.15) is 22.7 Å². The summed E-state index contributed by atoms with van der Waals surface area (Å²) in [7, 11) is 3.77. The van der Waals surface area contributed by atoms with Crippen LogP contribution in [0.3, 0.4) is 0 Å². The van der Waals surface area contributed by atoms with E-state index < -0.39 is 17.7 Å². The monoisotopic (exact) mass is 1020 g/mol. The fourth-order valence-corrected chi connectivity index (χ4v) is 11.2. The predicted molar refractivity (Wildman–Crippen MR) is 286 cm³/mol. The van der Waals surface area contributed by atoms with E-state index in [1.54, 1.807) is 60.4 Å². The first-order valence-electron chi connectivity index (χ1n) is 27.0. The zero-order chi connectivity index (χ0) is 53.5. The molecule has 0 saturated heterocycles. The summed E-state index contributed by atoms with van der Waals surface area (Å²) in [5.41, 5.74) is 6.18. The summed E-state index contributed by atoms with van der Waals surface area (Å²) in [5, 5.41) is 25.4. The maximum absolute atomic E-state index is 13.8. The molecule has 4 fully saturated rings. The van der Waals surface area contributed by atoms with Crippen molar-refractivity contribution in [3.63, 3.8) is 0 Å². The summed E-state index contributed by atoms with van der Waals surface area (Å²) in [6.07, 6.45) is 16.2. The van der Waals surface area contributed by atoms with Gasteiger partial charge in [-0.3, -0.25) is 33.3 Å². The van der Waals surface area contributed by atoms with Crippen molar-refractivity contribution in [2.75, 3.05) is 0 Å². The number of amides is 2. The molecule has 0 bridgehead atoms. The maximum Gasteiger partial charge on any atom is 0.270 e. The first-order valence-corrected chi connectivity index (χ1v) is 27.0. The topological polar surface area (TPSA) is 201 Å². The molecule has 3 N–H and O–H groups in total. The minimum Gasteiger partial charge on any atom is -0.384 e. The van der Waals surface area contributed by atoms with Gasteiger partial charge < -0.3 is 24.9 Å². The SMILES string of the molecule is CC(=O)c1ncn(C)c1-c1ccc(CC(=O)[C@@H](NC(=O)c2ccnn2C(C)C)C(C2CC2)C2CC2)cc1.CC(C)n1nccc1C(=O)N[C@H](C(=O)Cc1ccc(-c2c(C(C)(C)O)ncn2C)cc1)C(C1CC1)C1CC1. The van der Waals surface area contributed by atoms with Gasteiger partial charge in [0.05, 0.1) is 41.8 Å². The number of aromatic nitrogens is 8. The van der Waals surface area contributed by atoms with E-state index in [2.05, 4.69) is 30.8 Å². The number of carbonyl (C=O) groups is 5. The third-order valence-electron chi connectivity index (χ3n) is 15.5. The molecule has 0 aliphatic heterocycles. The average molecular weight is 1020 g/mol. The van der Waals surface area contributed by atoms with E-state index in [1.165, 1.54) is 6.92 Å². The van der Waals surface area contributed by atoms with E-state index in [4.69, 9.17) is 0 Å². The Labute approximate surface area is 440 Å². The number of aryl methyl sites for hydroxylation is 2. The van der Waals surface area contributed by atoms with Crippen LogP contribution in [-0.4, -0.2) is 85.0 Å². The smallest absolute Gasteiger partial charge is 0.270 e. The molecule has 4 saturated carbocycles. The lowest BCUT2D eigenvalue weighted by Crippen LogP contribution is -2.48. The molecule has 396 valence electrons. The summed E-state index contributed by atoms with van der Waals surface area (Å²) < 4.78 is 7.14. The number of nitrogens with zero attached hydrogens (tertiary/aromatic N) is 8. The summed E-state index contributed by atoms with van der Waals surface area (Å²) in [6.45, 7) is 12.9. The van der Waals surface area contributed by atoms with Crippen molar-refractivity contribution in [2.24, 2.45) is 49.6 Å². The van der Waals surface area contributed by atoms with Gasteiger partial charge in [0.2, 0.25) is 0 Å². The third kappa shape index (κ3) is 12.2.